The van der Waals surface area contributed by atoms with Crippen molar-refractivity contribution in [3.63, 3.8) is 0 Å². The number of rotatable bonds is 9. The summed E-state index contributed by atoms with van der Waals surface area (Å²) in [4.78, 5) is 11.8. The number of hydrogen-bond acceptors (Lipinski definition) is 5. The standard InChI is InChI=1S/C14H24N2O4S/c1-4-5-6-7-11(2)15-14(17)10-21(18,19)9-13-8-12(3)16-20-13/h8,11H,4-7,9-10H2,1-3H3,(H,15,17)/t11-/m0/s1. The molecule has 21 heavy (non-hydrogen) atoms. The van der Waals surface area contributed by atoms with Crippen LogP contribution in [-0.2, 0) is 20.4 Å². The van der Waals surface area contributed by atoms with E-state index < -0.39 is 21.5 Å². The van der Waals surface area contributed by atoms with Crippen molar-refractivity contribution >= 4 is 15.7 Å². The van der Waals surface area contributed by atoms with E-state index in [2.05, 4.69) is 17.4 Å². The Morgan fingerprint density at radius 2 is 2.14 bits per heavy atom. The predicted molar refractivity (Wildman–Crippen MR) is 80.5 cm³/mol. The normalized spacial score (nSPS) is 13.1. The van der Waals surface area contributed by atoms with Crippen LogP contribution >= 0.6 is 0 Å². The van der Waals surface area contributed by atoms with Crippen molar-refractivity contribution in [2.24, 2.45) is 0 Å². The van der Waals surface area contributed by atoms with Crippen molar-refractivity contribution in [2.75, 3.05) is 5.75 Å². The summed E-state index contributed by atoms with van der Waals surface area (Å²) in [5.74, 6) is -1.03. The van der Waals surface area contributed by atoms with Gasteiger partial charge in [0.2, 0.25) is 5.91 Å². The fourth-order valence-electron chi connectivity index (χ4n) is 2.04. The molecule has 0 fully saturated rings. The number of aromatic nitrogens is 1. The van der Waals surface area contributed by atoms with Crippen molar-refractivity contribution in [3.8, 4) is 0 Å². The Morgan fingerprint density at radius 1 is 1.43 bits per heavy atom. The first-order chi connectivity index (χ1) is 9.82. The topological polar surface area (TPSA) is 89.3 Å². The molecule has 0 spiro atoms. The highest BCUT2D eigenvalue weighted by atomic mass is 32.2. The number of unbranched alkanes of at least 4 members (excludes halogenated alkanes) is 2. The van der Waals surface area contributed by atoms with Crippen LogP contribution in [0.1, 0.15) is 51.0 Å². The van der Waals surface area contributed by atoms with E-state index in [0.29, 0.717) is 5.69 Å². The van der Waals surface area contributed by atoms with Gasteiger partial charge in [-0.25, -0.2) is 8.42 Å². The van der Waals surface area contributed by atoms with Crippen molar-refractivity contribution in [1.82, 2.24) is 10.5 Å². The zero-order valence-electron chi connectivity index (χ0n) is 12.9. The molecular formula is C14H24N2O4S. The molecule has 0 saturated carbocycles. The summed E-state index contributed by atoms with van der Waals surface area (Å²) in [6.07, 6.45) is 4.12. The fourth-order valence-corrected chi connectivity index (χ4v) is 3.20. The van der Waals surface area contributed by atoms with E-state index in [-0.39, 0.29) is 17.6 Å². The van der Waals surface area contributed by atoms with Gasteiger partial charge in [-0.05, 0) is 20.3 Å². The van der Waals surface area contributed by atoms with Gasteiger partial charge in [0.05, 0.1) is 5.69 Å². The summed E-state index contributed by atoms with van der Waals surface area (Å²) < 4.78 is 28.7. The zero-order valence-corrected chi connectivity index (χ0v) is 13.7. The van der Waals surface area contributed by atoms with Gasteiger partial charge in [0.25, 0.3) is 0 Å². The van der Waals surface area contributed by atoms with Crippen LogP contribution in [0.2, 0.25) is 0 Å². The maximum Gasteiger partial charge on any atom is 0.235 e. The molecule has 1 N–H and O–H groups in total. The summed E-state index contributed by atoms with van der Waals surface area (Å²) in [6, 6.07) is 1.55. The third-order valence-electron chi connectivity index (χ3n) is 3.04. The number of nitrogens with one attached hydrogen (secondary N) is 1. The van der Waals surface area contributed by atoms with E-state index in [1.54, 1.807) is 13.0 Å². The monoisotopic (exact) mass is 316 g/mol. The van der Waals surface area contributed by atoms with Gasteiger partial charge in [0.15, 0.2) is 15.6 Å². The van der Waals surface area contributed by atoms with Crippen molar-refractivity contribution in [1.29, 1.82) is 0 Å². The number of nitrogens with zero attached hydrogens (tertiary/aromatic N) is 1. The molecule has 0 radical (unpaired) electrons. The summed E-state index contributed by atoms with van der Waals surface area (Å²) in [5.41, 5.74) is 0.620. The third-order valence-corrected chi connectivity index (χ3v) is 4.46. The number of carbonyl (C=O) groups is 1. The first kappa shape index (κ1) is 17.7. The highest BCUT2D eigenvalue weighted by molar-refractivity contribution is 7.91. The van der Waals surface area contributed by atoms with Crippen molar-refractivity contribution < 1.29 is 17.7 Å². The fraction of sp³-hybridized carbons (Fsp3) is 0.714. The number of amides is 1. The summed E-state index contributed by atoms with van der Waals surface area (Å²) in [6.45, 7) is 5.71. The van der Waals surface area contributed by atoms with Crippen LogP contribution < -0.4 is 5.32 Å². The molecule has 1 heterocycles. The maximum atomic E-state index is 11.9. The predicted octanol–water partition coefficient (Wildman–Crippen LogP) is 1.98. The molecule has 6 nitrogen and oxygen atoms in total. The molecule has 0 aliphatic heterocycles. The third kappa shape index (κ3) is 7.27. The molecule has 0 aliphatic rings. The van der Waals surface area contributed by atoms with Gasteiger partial charge in [0, 0.05) is 12.1 Å². The lowest BCUT2D eigenvalue weighted by Gasteiger charge is -2.13. The molecule has 1 aromatic heterocycles. The molecule has 0 bridgehead atoms. The second-order valence-electron chi connectivity index (χ2n) is 5.43. The SMILES string of the molecule is CCCCC[C@H](C)NC(=O)CS(=O)(=O)Cc1cc(C)no1. The van der Waals surface area contributed by atoms with Crippen LogP contribution in [0.3, 0.4) is 0 Å². The molecule has 1 atom stereocenters. The molecular weight excluding hydrogens is 292 g/mol. The van der Waals surface area contributed by atoms with Crippen molar-refractivity contribution in [3.05, 3.63) is 17.5 Å². The minimum atomic E-state index is -3.54. The van der Waals surface area contributed by atoms with E-state index in [9.17, 15) is 13.2 Å². The van der Waals surface area contributed by atoms with Gasteiger partial charge in [-0.1, -0.05) is 31.3 Å². The first-order valence-electron chi connectivity index (χ1n) is 7.24. The van der Waals surface area contributed by atoms with E-state index in [1.165, 1.54) is 0 Å². The summed E-state index contributed by atoms with van der Waals surface area (Å²) in [7, 11) is -3.54. The lowest BCUT2D eigenvalue weighted by atomic mass is 10.1. The number of aryl methyl sites for hydroxylation is 1. The van der Waals surface area contributed by atoms with Gasteiger partial charge in [0.1, 0.15) is 11.5 Å². The number of hydrogen-bond donors (Lipinski definition) is 1. The Bertz CT molecular complexity index is 551. The van der Waals surface area contributed by atoms with Gasteiger partial charge >= 0.3 is 0 Å². The second kappa shape index (κ2) is 8.17. The summed E-state index contributed by atoms with van der Waals surface area (Å²) in [5, 5.41) is 6.35. The first-order valence-corrected chi connectivity index (χ1v) is 9.06. The largest absolute Gasteiger partial charge is 0.360 e. The zero-order chi connectivity index (χ0) is 15.9. The van der Waals surface area contributed by atoms with E-state index in [0.717, 1.165) is 25.7 Å². The molecule has 1 amide bonds. The van der Waals surface area contributed by atoms with Gasteiger partial charge in [-0.15, -0.1) is 0 Å². The second-order valence-corrected chi connectivity index (χ2v) is 7.50. The van der Waals surface area contributed by atoms with Crippen molar-refractivity contribution in [2.45, 2.75) is 58.2 Å². The van der Waals surface area contributed by atoms with E-state index in [4.69, 9.17) is 4.52 Å². The molecule has 0 aliphatic carbocycles. The maximum absolute atomic E-state index is 11.9. The van der Waals surface area contributed by atoms with Crippen LogP contribution in [0.15, 0.2) is 10.6 Å². The van der Waals surface area contributed by atoms with E-state index in [1.807, 2.05) is 6.92 Å². The average molecular weight is 316 g/mol. The van der Waals surface area contributed by atoms with Crippen LogP contribution in [-0.4, -0.2) is 31.3 Å². The quantitative estimate of drug-likeness (QED) is 0.704. The lowest BCUT2D eigenvalue weighted by molar-refractivity contribution is -0.119. The Labute approximate surface area is 126 Å². The lowest BCUT2D eigenvalue weighted by Crippen LogP contribution is -2.37. The Morgan fingerprint density at radius 3 is 2.71 bits per heavy atom. The minimum absolute atomic E-state index is 0.00762. The average Bonchev–Trinajstić information content (AvgIpc) is 2.72. The van der Waals surface area contributed by atoms with Crippen LogP contribution in [0.4, 0.5) is 0 Å². The smallest absolute Gasteiger partial charge is 0.235 e. The Hall–Kier alpha value is -1.37. The molecule has 1 aromatic rings. The minimum Gasteiger partial charge on any atom is -0.360 e. The van der Waals surface area contributed by atoms with Gasteiger partial charge < -0.3 is 9.84 Å². The van der Waals surface area contributed by atoms with Crippen LogP contribution in [0, 0.1) is 6.92 Å². The Balaban J connectivity index is 2.41. The Kier molecular flexibility index (Phi) is 6.87. The van der Waals surface area contributed by atoms with Crippen LogP contribution in [0.25, 0.3) is 0 Å². The molecule has 7 heteroatoms. The van der Waals surface area contributed by atoms with Gasteiger partial charge in [-0.2, -0.15) is 0 Å². The highest BCUT2D eigenvalue weighted by Gasteiger charge is 2.20. The number of carbonyl (C=O) groups excluding carboxylic acids is 1. The highest BCUT2D eigenvalue weighted by Crippen LogP contribution is 2.08. The molecule has 1 rings (SSSR count). The summed E-state index contributed by atoms with van der Waals surface area (Å²) >= 11 is 0. The van der Waals surface area contributed by atoms with Crippen LogP contribution in [0.5, 0.6) is 0 Å². The van der Waals surface area contributed by atoms with Gasteiger partial charge in [-0.3, -0.25) is 4.79 Å². The molecule has 0 aromatic carbocycles. The molecule has 0 saturated heterocycles. The van der Waals surface area contributed by atoms with E-state index >= 15 is 0 Å². The number of sulfone groups is 1. The molecule has 120 valence electrons. The molecule has 0 unspecified atom stereocenters.